The molecule has 0 saturated heterocycles. The first kappa shape index (κ1) is 18.1. The molecule has 0 N–H and O–H groups in total. The molecule has 0 radical (unpaired) electrons. The molecule has 0 saturated carbocycles. The van der Waals surface area contributed by atoms with E-state index in [1.807, 2.05) is 6.92 Å². The van der Waals surface area contributed by atoms with Crippen molar-refractivity contribution in [3.8, 4) is 17.3 Å². The molecular weight excluding hydrogens is 357 g/mol. The van der Waals surface area contributed by atoms with E-state index in [1.54, 1.807) is 24.3 Å². The summed E-state index contributed by atoms with van der Waals surface area (Å²) in [6.07, 6.45) is 0. The third-order valence-electron chi connectivity index (χ3n) is 3.87. The highest BCUT2D eigenvalue weighted by Crippen LogP contribution is 2.32. The molecular formula is C18H13FN3O5-. The van der Waals surface area contributed by atoms with E-state index in [4.69, 9.17) is 4.74 Å². The fourth-order valence-corrected chi connectivity index (χ4v) is 2.45. The predicted octanol–water partition coefficient (Wildman–Crippen LogP) is 2.69. The zero-order valence-corrected chi connectivity index (χ0v) is 14.3. The first-order valence-corrected chi connectivity index (χ1v) is 7.77. The van der Waals surface area contributed by atoms with Crippen LogP contribution in [0.15, 0.2) is 42.5 Å². The molecule has 9 heteroatoms. The van der Waals surface area contributed by atoms with Crippen LogP contribution in [0.3, 0.4) is 0 Å². The van der Waals surface area contributed by atoms with Crippen LogP contribution in [0.4, 0.5) is 10.1 Å². The highest BCUT2D eigenvalue weighted by molar-refractivity contribution is 5.86. The topological polar surface area (TPSA) is 110 Å². The summed E-state index contributed by atoms with van der Waals surface area (Å²) < 4.78 is 20.9. The molecule has 2 aromatic carbocycles. The van der Waals surface area contributed by atoms with Gasteiger partial charge in [0.05, 0.1) is 22.6 Å². The molecule has 0 unspecified atom stereocenters. The lowest BCUT2D eigenvalue weighted by Gasteiger charge is -2.11. The number of ether oxygens (including phenoxy) is 1. The van der Waals surface area contributed by atoms with E-state index >= 15 is 0 Å². The summed E-state index contributed by atoms with van der Waals surface area (Å²) in [4.78, 5) is 21.3. The first-order chi connectivity index (χ1) is 12.8. The van der Waals surface area contributed by atoms with Crippen molar-refractivity contribution in [2.45, 2.75) is 13.8 Å². The highest BCUT2D eigenvalue weighted by Gasteiger charge is 2.21. The van der Waals surface area contributed by atoms with Crippen molar-refractivity contribution in [2.75, 3.05) is 0 Å². The third-order valence-corrected chi connectivity index (χ3v) is 3.87. The monoisotopic (exact) mass is 370 g/mol. The minimum absolute atomic E-state index is 0.0363. The predicted molar refractivity (Wildman–Crippen MR) is 90.5 cm³/mol. The Morgan fingerprint density at radius 1 is 1.19 bits per heavy atom. The number of nitrogens with zero attached hydrogens (tertiary/aromatic N) is 3. The Bertz CT molecular complexity index is 1040. The molecule has 0 atom stereocenters. The molecule has 0 bridgehead atoms. The normalized spacial score (nSPS) is 10.6. The average Bonchev–Trinajstić information content (AvgIpc) is 2.94. The maximum Gasteiger partial charge on any atom is 0.272 e. The van der Waals surface area contributed by atoms with Gasteiger partial charge in [-0.1, -0.05) is 17.7 Å². The first-order valence-electron chi connectivity index (χ1n) is 7.77. The van der Waals surface area contributed by atoms with E-state index < -0.39 is 22.4 Å². The van der Waals surface area contributed by atoms with Crippen LogP contribution in [0.25, 0.3) is 5.69 Å². The average molecular weight is 370 g/mol. The number of halogens is 1. The smallest absolute Gasteiger partial charge is 0.272 e. The number of aromatic nitrogens is 2. The Labute approximate surface area is 152 Å². The molecule has 0 aliphatic rings. The van der Waals surface area contributed by atoms with Crippen LogP contribution in [0.5, 0.6) is 11.6 Å². The largest absolute Gasteiger partial charge is 0.543 e. The van der Waals surface area contributed by atoms with Gasteiger partial charge in [-0.05, 0) is 32.0 Å². The van der Waals surface area contributed by atoms with Gasteiger partial charge in [0.25, 0.3) is 5.69 Å². The molecule has 3 rings (SSSR count). The van der Waals surface area contributed by atoms with Gasteiger partial charge in [0.2, 0.25) is 5.88 Å². The number of nitro benzene ring substituents is 1. The maximum atomic E-state index is 14.2. The number of carboxylic acid groups (broad SMARTS) is 1. The summed E-state index contributed by atoms with van der Waals surface area (Å²) in [5.41, 5.74) is 0.820. The standard InChI is InChI=1S/C18H14FN3O5/c1-10-3-5-12(6-4-10)21-17(11(2)16(20-21)18(23)24)27-15-8-7-13(22(25)26)9-14(15)19/h3-9H,1-2H3,(H,23,24)/p-1. The molecule has 0 aliphatic heterocycles. The molecule has 0 fully saturated rings. The molecule has 27 heavy (non-hydrogen) atoms. The molecule has 1 aromatic heterocycles. The Morgan fingerprint density at radius 2 is 1.85 bits per heavy atom. The Kier molecular flexibility index (Phi) is 4.59. The van der Waals surface area contributed by atoms with Gasteiger partial charge in [-0.15, -0.1) is 0 Å². The van der Waals surface area contributed by atoms with E-state index in [9.17, 15) is 24.4 Å². The lowest BCUT2D eigenvalue weighted by atomic mass is 10.2. The van der Waals surface area contributed by atoms with E-state index in [0.717, 1.165) is 23.8 Å². The number of hydrogen-bond acceptors (Lipinski definition) is 6. The molecule has 8 nitrogen and oxygen atoms in total. The molecule has 0 aliphatic carbocycles. The number of aryl methyl sites for hydroxylation is 1. The number of carbonyl (C=O) groups excluding carboxylic acids is 1. The Balaban J connectivity index is 2.10. The Morgan fingerprint density at radius 3 is 2.41 bits per heavy atom. The van der Waals surface area contributed by atoms with Gasteiger partial charge < -0.3 is 14.6 Å². The number of carbonyl (C=O) groups is 1. The van der Waals surface area contributed by atoms with Crippen LogP contribution in [0.2, 0.25) is 0 Å². The van der Waals surface area contributed by atoms with Crippen molar-refractivity contribution in [1.29, 1.82) is 0 Å². The molecule has 0 amide bonds. The van der Waals surface area contributed by atoms with E-state index in [2.05, 4.69) is 5.10 Å². The summed E-state index contributed by atoms with van der Waals surface area (Å²) in [5, 5.41) is 26.0. The van der Waals surface area contributed by atoms with E-state index in [0.29, 0.717) is 5.69 Å². The zero-order chi connectivity index (χ0) is 19.7. The summed E-state index contributed by atoms with van der Waals surface area (Å²) in [6.45, 7) is 3.33. The lowest BCUT2D eigenvalue weighted by Crippen LogP contribution is -2.23. The molecule has 0 spiro atoms. The summed E-state index contributed by atoms with van der Waals surface area (Å²) >= 11 is 0. The van der Waals surface area contributed by atoms with Crippen LogP contribution in [-0.4, -0.2) is 20.7 Å². The number of carboxylic acids is 1. The van der Waals surface area contributed by atoms with Crippen LogP contribution < -0.4 is 9.84 Å². The number of aromatic carboxylic acids is 1. The second kappa shape index (κ2) is 6.87. The minimum Gasteiger partial charge on any atom is -0.543 e. The van der Waals surface area contributed by atoms with Crippen LogP contribution in [0.1, 0.15) is 21.6 Å². The van der Waals surface area contributed by atoms with Crippen molar-refractivity contribution in [1.82, 2.24) is 9.78 Å². The van der Waals surface area contributed by atoms with Crippen molar-refractivity contribution in [2.24, 2.45) is 0 Å². The number of nitro groups is 1. The number of hydrogen-bond donors (Lipinski definition) is 0. The second-order valence-corrected chi connectivity index (χ2v) is 5.79. The van der Waals surface area contributed by atoms with Crippen LogP contribution in [0, 0.1) is 29.8 Å². The third kappa shape index (κ3) is 3.47. The zero-order valence-electron chi connectivity index (χ0n) is 14.3. The molecule has 1 heterocycles. The fourth-order valence-electron chi connectivity index (χ4n) is 2.45. The highest BCUT2D eigenvalue weighted by atomic mass is 19.1. The van der Waals surface area contributed by atoms with Gasteiger partial charge in [0, 0.05) is 11.6 Å². The summed E-state index contributed by atoms with van der Waals surface area (Å²) in [7, 11) is 0. The quantitative estimate of drug-likeness (QED) is 0.504. The maximum absolute atomic E-state index is 14.2. The van der Waals surface area contributed by atoms with Gasteiger partial charge in [0.15, 0.2) is 11.6 Å². The molecule has 3 aromatic rings. The summed E-state index contributed by atoms with van der Waals surface area (Å²) in [6, 6.07) is 9.87. The SMILES string of the molecule is Cc1ccc(-n2nc(C(=O)[O-])c(C)c2Oc2ccc([N+](=O)[O-])cc2F)cc1. The second-order valence-electron chi connectivity index (χ2n) is 5.79. The van der Waals surface area contributed by atoms with Gasteiger partial charge in [-0.3, -0.25) is 10.1 Å². The Hall–Kier alpha value is -3.75. The van der Waals surface area contributed by atoms with Gasteiger partial charge >= 0.3 is 0 Å². The summed E-state index contributed by atoms with van der Waals surface area (Å²) in [5.74, 6) is -2.81. The van der Waals surface area contributed by atoms with Crippen LogP contribution in [-0.2, 0) is 0 Å². The van der Waals surface area contributed by atoms with Gasteiger partial charge in [0.1, 0.15) is 5.69 Å². The lowest BCUT2D eigenvalue weighted by molar-refractivity contribution is -0.385. The van der Waals surface area contributed by atoms with Crippen molar-refractivity contribution >= 4 is 11.7 Å². The fraction of sp³-hybridized carbons (Fsp3) is 0.111. The van der Waals surface area contributed by atoms with Gasteiger partial charge in [-0.25, -0.2) is 4.39 Å². The van der Waals surface area contributed by atoms with Crippen molar-refractivity contribution < 1.29 is 24.0 Å². The van der Waals surface area contributed by atoms with E-state index in [1.165, 1.54) is 11.6 Å². The van der Waals surface area contributed by atoms with Crippen molar-refractivity contribution in [3.63, 3.8) is 0 Å². The van der Waals surface area contributed by atoms with Crippen LogP contribution >= 0.6 is 0 Å². The minimum atomic E-state index is -1.51. The van der Waals surface area contributed by atoms with Crippen molar-refractivity contribution in [3.05, 3.63) is 75.2 Å². The number of non-ortho nitro benzene ring substituents is 1. The van der Waals surface area contributed by atoms with E-state index in [-0.39, 0.29) is 22.9 Å². The van der Waals surface area contributed by atoms with Gasteiger partial charge in [-0.2, -0.15) is 9.78 Å². The number of benzene rings is 2. The molecule has 138 valence electrons. The number of rotatable bonds is 5.